The maximum Gasteiger partial charge on any atom is 0.0249 e. The highest BCUT2D eigenvalue weighted by Gasteiger charge is 2.29. The Kier molecular flexibility index (Phi) is 5.97. The van der Waals surface area contributed by atoms with Gasteiger partial charge in [0.25, 0.3) is 0 Å². The van der Waals surface area contributed by atoms with E-state index in [1.807, 2.05) is 0 Å². The van der Waals surface area contributed by atoms with Crippen LogP contribution in [0.1, 0.15) is 64.7 Å². The van der Waals surface area contributed by atoms with E-state index < -0.39 is 0 Å². The van der Waals surface area contributed by atoms with E-state index in [2.05, 4.69) is 24.2 Å². The number of nitrogens with one attached hydrogen (secondary N) is 1. The van der Waals surface area contributed by atoms with Crippen molar-refractivity contribution in [3.8, 4) is 0 Å². The summed E-state index contributed by atoms with van der Waals surface area (Å²) in [7, 11) is 2.16. The third-order valence-corrected chi connectivity index (χ3v) is 5.30. The molecular formula is C16H32N2. The van der Waals surface area contributed by atoms with Crippen molar-refractivity contribution in [1.82, 2.24) is 10.2 Å². The van der Waals surface area contributed by atoms with Crippen molar-refractivity contribution in [2.75, 3.05) is 20.1 Å². The van der Waals surface area contributed by atoms with E-state index in [0.29, 0.717) is 0 Å². The third kappa shape index (κ3) is 3.71. The first kappa shape index (κ1) is 14.3. The topological polar surface area (TPSA) is 15.3 Å². The molecule has 2 aliphatic rings. The molecule has 1 heterocycles. The summed E-state index contributed by atoms with van der Waals surface area (Å²) in [5.41, 5.74) is 0. The molecule has 2 unspecified atom stereocenters. The molecule has 2 heteroatoms. The molecule has 18 heavy (non-hydrogen) atoms. The quantitative estimate of drug-likeness (QED) is 0.828. The van der Waals surface area contributed by atoms with E-state index in [1.165, 1.54) is 70.9 Å². The first-order valence-electron chi connectivity index (χ1n) is 8.26. The minimum Gasteiger partial charge on any atom is -0.315 e. The van der Waals surface area contributed by atoms with Crippen molar-refractivity contribution >= 4 is 0 Å². The van der Waals surface area contributed by atoms with Gasteiger partial charge >= 0.3 is 0 Å². The lowest BCUT2D eigenvalue weighted by Crippen LogP contribution is -2.52. The van der Waals surface area contributed by atoms with Crippen LogP contribution < -0.4 is 5.32 Å². The molecule has 0 spiro atoms. The fourth-order valence-electron chi connectivity index (χ4n) is 3.93. The van der Waals surface area contributed by atoms with Gasteiger partial charge in [-0.2, -0.15) is 0 Å². The van der Waals surface area contributed by atoms with Crippen LogP contribution in [0.5, 0.6) is 0 Å². The Morgan fingerprint density at radius 1 is 0.944 bits per heavy atom. The highest BCUT2D eigenvalue weighted by molar-refractivity contribution is 4.87. The van der Waals surface area contributed by atoms with Gasteiger partial charge in [-0.1, -0.05) is 39.0 Å². The molecule has 0 radical (unpaired) electrons. The standard InChI is InChI=1S/C16H32N2/c1-3-14-10-12-18(13-11-14)16-9-7-5-4-6-8-15(16)17-2/h14-17H,3-13H2,1-2H3. The highest BCUT2D eigenvalue weighted by Crippen LogP contribution is 2.27. The second-order valence-electron chi connectivity index (χ2n) is 6.34. The Morgan fingerprint density at radius 3 is 2.22 bits per heavy atom. The lowest BCUT2D eigenvalue weighted by molar-refractivity contribution is 0.0924. The van der Waals surface area contributed by atoms with Crippen LogP contribution >= 0.6 is 0 Å². The van der Waals surface area contributed by atoms with E-state index in [1.54, 1.807) is 0 Å². The average molecular weight is 252 g/mol. The van der Waals surface area contributed by atoms with Gasteiger partial charge in [0.05, 0.1) is 0 Å². The van der Waals surface area contributed by atoms with Crippen LogP contribution in [-0.4, -0.2) is 37.1 Å². The third-order valence-electron chi connectivity index (χ3n) is 5.30. The first-order valence-corrected chi connectivity index (χ1v) is 8.26. The molecule has 1 saturated heterocycles. The van der Waals surface area contributed by atoms with E-state index >= 15 is 0 Å². The highest BCUT2D eigenvalue weighted by atomic mass is 15.2. The van der Waals surface area contributed by atoms with E-state index in [4.69, 9.17) is 0 Å². The van der Waals surface area contributed by atoms with Crippen LogP contribution in [0.4, 0.5) is 0 Å². The Bertz CT molecular complexity index is 221. The second kappa shape index (κ2) is 7.49. The van der Waals surface area contributed by atoms with E-state index in [0.717, 1.165) is 18.0 Å². The van der Waals surface area contributed by atoms with Crippen molar-refractivity contribution in [2.24, 2.45) is 5.92 Å². The summed E-state index contributed by atoms with van der Waals surface area (Å²) in [6, 6.07) is 1.55. The van der Waals surface area contributed by atoms with Crippen molar-refractivity contribution in [3.63, 3.8) is 0 Å². The average Bonchev–Trinajstić information content (AvgIpc) is 2.39. The van der Waals surface area contributed by atoms with Gasteiger partial charge in [-0.15, -0.1) is 0 Å². The molecule has 2 rings (SSSR count). The van der Waals surface area contributed by atoms with Crippen molar-refractivity contribution < 1.29 is 0 Å². The number of rotatable bonds is 3. The molecule has 2 atom stereocenters. The SMILES string of the molecule is CCC1CCN(C2CCCCCCC2NC)CC1. The molecule has 106 valence electrons. The smallest absolute Gasteiger partial charge is 0.0249 e. The van der Waals surface area contributed by atoms with Gasteiger partial charge in [0.2, 0.25) is 0 Å². The maximum atomic E-state index is 3.60. The predicted molar refractivity (Wildman–Crippen MR) is 78.9 cm³/mol. The summed E-state index contributed by atoms with van der Waals surface area (Å²) in [4.78, 5) is 2.80. The Balaban J connectivity index is 1.90. The van der Waals surface area contributed by atoms with Crippen LogP contribution in [-0.2, 0) is 0 Å². The zero-order chi connectivity index (χ0) is 12.8. The summed E-state index contributed by atoms with van der Waals surface area (Å²) in [5, 5.41) is 3.60. The lowest BCUT2D eigenvalue weighted by Gasteiger charge is -2.42. The molecule has 0 bridgehead atoms. The fourth-order valence-corrected chi connectivity index (χ4v) is 3.93. The molecule has 1 aliphatic carbocycles. The molecule has 2 fully saturated rings. The van der Waals surface area contributed by atoms with Gasteiger partial charge in [-0.05, 0) is 51.7 Å². The molecule has 1 aliphatic heterocycles. The van der Waals surface area contributed by atoms with Crippen LogP contribution in [0.25, 0.3) is 0 Å². The molecule has 0 aromatic carbocycles. The zero-order valence-corrected chi connectivity index (χ0v) is 12.5. The number of nitrogens with zero attached hydrogens (tertiary/aromatic N) is 1. The fraction of sp³-hybridized carbons (Fsp3) is 1.00. The summed E-state index contributed by atoms with van der Waals surface area (Å²) in [6.45, 7) is 5.05. The second-order valence-corrected chi connectivity index (χ2v) is 6.34. The van der Waals surface area contributed by atoms with Crippen molar-refractivity contribution in [2.45, 2.75) is 76.8 Å². The van der Waals surface area contributed by atoms with Crippen molar-refractivity contribution in [3.05, 3.63) is 0 Å². The summed E-state index contributed by atoms with van der Waals surface area (Å²) < 4.78 is 0. The van der Waals surface area contributed by atoms with Crippen LogP contribution in [0, 0.1) is 5.92 Å². The summed E-state index contributed by atoms with van der Waals surface area (Å²) in [6.07, 6.45) is 12.8. The Hall–Kier alpha value is -0.0800. The molecule has 0 aromatic rings. The van der Waals surface area contributed by atoms with Gasteiger partial charge in [0, 0.05) is 12.1 Å². The van der Waals surface area contributed by atoms with E-state index in [9.17, 15) is 0 Å². The van der Waals surface area contributed by atoms with Gasteiger partial charge < -0.3 is 5.32 Å². The van der Waals surface area contributed by atoms with Gasteiger partial charge in [0.1, 0.15) is 0 Å². The maximum absolute atomic E-state index is 3.60. The first-order chi connectivity index (χ1) is 8.85. The largest absolute Gasteiger partial charge is 0.315 e. The Morgan fingerprint density at radius 2 is 1.61 bits per heavy atom. The molecule has 2 nitrogen and oxygen atoms in total. The zero-order valence-electron chi connectivity index (χ0n) is 12.5. The molecule has 0 aromatic heterocycles. The normalized spacial score (nSPS) is 33.0. The minimum atomic E-state index is 0.739. The molecule has 0 amide bonds. The van der Waals surface area contributed by atoms with Crippen LogP contribution in [0.3, 0.4) is 0 Å². The lowest BCUT2D eigenvalue weighted by atomic mass is 9.88. The molecule has 1 saturated carbocycles. The monoisotopic (exact) mass is 252 g/mol. The number of hydrogen-bond acceptors (Lipinski definition) is 2. The minimum absolute atomic E-state index is 0.739. The molecular weight excluding hydrogens is 220 g/mol. The molecule has 1 N–H and O–H groups in total. The number of hydrogen-bond donors (Lipinski definition) is 1. The van der Waals surface area contributed by atoms with Crippen LogP contribution in [0.15, 0.2) is 0 Å². The number of likely N-dealkylation sites (tertiary alicyclic amines) is 1. The van der Waals surface area contributed by atoms with Gasteiger partial charge in [-0.3, -0.25) is 4.90 Å². The van der Waals surface area contributed by atoms with Crippen molar-refractivity contribution in [1.29, 1.82) is 0 Å². The van der Waals surface area contributed by atoms with Gasteiger partial charge in [0.15, 0.2) is 0 Å². The van der Waals surface area contributed by atoms with Gasteiger partial charge in [-0.25, -0.2) is 0 Å². The van der Waals surface area contributed by atoms with E-state index in [-0.39, 0.29) is 0 Å². The van der Waals surface area contributed by atoms with Crippen LogP contribution in [0.2, 0.25) is 0 Å². The summed E-state index contributed by atoms with van der Waals surface area (Å²) >= 11 is 0. The predicted octanol–water partition coefficient (Wildman–Crippen LogP) is 3.42. The Labute approximate surface area is 114 Å². The number of likely N-dealkylation sites (N-methyl/N-ethyl adjacent to an activating group) is 1. The summed E-state index contributed by atoms with van der Waals surface area (Å²) in [5.74, 6) is 1.00. The number of piperidine rings is 1.